The van der Waals surface area contributed by atoms with Gasteiger partial charge >= 0.3 is 0 Å². The fourth-order valence-electron chi connectivity index (χ4n) is 2.41. The van der Waals surface area contributed by atoms with Gasteiger partial charge < -0.3 is 5.32 Å². The van der Waals surface area contributed by atoms with Crippen LogP contribution < -0.4 is 5.32 Å². The van der Waals surface area contributed by atoms with E-state index >= 15 is 0 Å². The molecule has 10 heteroatoms. The number of rotatable bonds is 8. The minimum absolute atomic E-state index is 0. The summed E-state index contributed by atoms with van der Waals surface area (Å²) in [4.78, 5) is 0. The van der Waals surface area contributed by atoms with Crippen molar-refractivity contribution in [1.82, 2.24) is 13.9 Å². The summed E-state index contributed by atoms with van der Waals surface area (Å²) in [6.45, 7) is 3.81. The van der Waals surface area contributed by atoms with Crippen LogP contribution in [0.4, 0.5) is 0 Å². The van der Waals surface area contributed by atoms with Crippen molar-refractivity contribution in [2.45, 2.75) is 32.2 Å². The van der Waals surface area contributed by atoms with Crippen molar-refractivity contribution >= 4 is 32.5 Å². The van der Waals surface area contributed by atoms with Crippen molar-refractivity contribution in [3.63, 3.8) is 0 Å². The van der Waals surface area contributed by atoms with Gasteiger partial charge in [0.1, 0.15) is 0 Å². The molecule has 22 heavy (non-hydrogen) atoms. The predicted octanol–water partition coefficient (Wildman–Crippen LogP) is 0.0934. The molecule has 1 heterocycles. The lowest BCUT2D eigenvalue weighted by Crippen LogP contribution is -2.54. The van der Waals surface area contributed by atoms with Crippen molar-refractivity contribution in [2.24, 2.45) is 0 Å². The van der Waals surface area contributed by atoms with Crippen LogP contribution in [0.5, 0.6) is 0 Å². The summed E-state index contributed by atoms with van der Waals surface area (Å²) in [5.41, 5.74) is 0. The summed E-state index contributed by atoms with van der Waals surface area (Å²) in [7, 11) is -3.82. The monoisotopic (exact) mass is 377 g/mol. The first-order chi connectivity index (χ1) is 9.70. The molecule has 1 fully saturated rings. The third-order valence-corrected chi connectivity index (χ3v) is 7.55. The minimum Gasteiger partial charge on any atom is -0.314 e. The van der Waals surface area contributed by atoms with E-state index in [1.54, 1.807) is 4.31 Å². The Hall–Kier alpha value is 0.0700. The van der Waals surface area contributed by atoms with E-state index in [1.807, 2.05) is 6.92 Å². The summed E-state index contributed by atoms with van der Waals surface area (Å²) < 4.78 is 50.8. The summed E-state index contributed by atoms with van der Waals surface area (Å²) in [5, 5.41) is 3.21. The van der Waals surface area contributed by atoms with Crippen LogP contribution in [0.2, 0.25) is 0 Å². The van der Waals surface area contributed by atoms with Crippen molar-refractivity contribution in [3.05, 3.63) is 0 Å². The van der Waals surface area contributed by atoms with Gasteiger partial charge in [0.05, 0.1) is 11.5 Å². The quantitative estimate of drug-likeness (QED) is 0.648. The molecule has 1 unspecified atom stereocenters. The Kier molecular flexibility index (Phi) is 9.42. The molecule has 1 N–H and O–H groups in total. The molecule has 1 rings (SSSR count). The Morgan fingerprint density at radius 3 is 2.36 bits per heavy atom. The predicted molar refractivity (Wildman–Crippen MR) is 91.4 cm³/mol. The van der Waals surface area contributed by atoms with Gasteiger partial charge in [-0.15, -0.1) is 12.4 Å². The number of hydrogen-bond acceptors (Lipinski definition) is 5. The molecule has 1 aliphatic rings. The van der Waals surface area contributed by atoms with Crippen LogP contribution in [0.3, 0.4) is 0 Å². The number of hydrogen-bond donors (Lipinski definition) is 1. The Labute approximate surface area is 140 Å². The lowest BCUT2D eigenvalue weighted by atomic mass is 10.1. The van der Waals surface area contributed by atoms with E-state index in [0.29, 0.717) is 19.6 Å². The average molecular weight is 378 g/mol. The first kappa shape index (κ1) is 22.1. The first-order valence-electron chi connectivity index (χ1n) is 7.31. The standard InChI is InChI=1S/C12H27N3O4S2.ClH/c1-4-6-12-11-13-7-8-15(12)21(18,19)10-5-9-20(16,17)14(2)3;/h12-13H,4-11H2,1-3H3;1H. The molecule has 7 nitrogen and oxygen atoms in total. The van der Waals surface area contributed by atoms with E-state index in [0.717, 1.165) is 17.1 Å². The smallest absolute Gasteiger partial charge is 0.214 e. The van der Waals surface area contributed by atoms with Gasteiger partial charge in [0.25, 0.3) is 0 Å². The zero-order valence-corrected chi connectivity index (χ0v) is 15.9. The molecule has 134 valence electrons. The van der Waals surface area contributed by atoms with Crippen molar-refractivity contribution in [1.29, 1.82) is 0 Å². The molecule has 0 spiro atoms. The highest BCUT2D eigenvalue weighted by molar-refractivity contribution is 7.90. The lowest BCUT2D eigenvalue weighted by Gasteiger charge is -2.35. The zero-order chi connectivity index (χ0) is 16.1. The Bertz CT molecular complexity index is 520. The van der Waals surface area contributed by atoms with E-state index in [-0.39, 0.29) is 36.4 Å². The van der Waals surface area contributed by atoms with Gasteiger partial charge in [-0.25, -0.2) is 21.1 Å². The van der Waals surface area contributed by atoms with E-state index in [9.17, 15) is 16.8 Å². The van der Waals surface area contributed by atoms with Crippen LogP contribution >= 0.6 is 12.4 Å². The van der Waals surface area contributed by atoms with Crippen molar-refractivity contribution in [3.8, 4) is 0 Å². The van der Waals surface area contributed by atoms with Gasteiger partial charge in [-0.1, -0.05) is 13.3 Å². The van der Waals surface area contributed by atoms with Crippen molar-refractivity contribution in [2.75, 3.05) is 45.2 Å². The first-order valence-corrected chi connectivity index (χ1v) is 10.5. The molecule has 0 aromatic heterocycles. The molecular formula is C12H28ClN3O4S2. The molecule has 0 amide bonds. The summed E-state index contributed by atoms with van der Waals surface area (Å²) >= 11 is 0. The molecule has 0 radical (unpaired) electrons. The van der Waals surface area contributed by atoms with Crippen LogP contribution in [-0.2, 0) is 20.0 Å². The van der Waals surface area contributed by atoms with Gasteiger partial charge in [-0.2, -0.15) is 4.31 Å². The molecule has 0 bridgehead atoms. The molecular weight excluding hydrogens is 350 g/mol. The Morgan fingerprint density at radius 1 is 1.18 bits per heavy atom. The average Bonchev–Trinajstić information content (AvgIpc) is 2.39. The summed E-state index contributed by atoms with van der Waals surface area (Å²) in [5.74, 6) is -0.246. The van der Waals surface area contributed by atoms with Gasteiger partial charge in [0.2, 0.25) is 20.0 Å². The third-order valence-electron chi connectivity index (χ3n) is 3.64. The molecule has 0 aromatic rings. The van der Waals surface area contributed by atoms with Crippen LogP contribution in [-0.4, -0.2) is 76.7 Å². The maximum Gasteiger partial charge on any atom is 0.214 e. The number of halogens is 1. The Morgan fingerprint density at radius 2 is 1.82 bits per heavy atom. The normalized spacial score (nSPS) is 20.8. The largest absolute Gasteiger partial charge is 0.314 e. The minimum atomic E-state index is -3.39. The zero-order valence-electron chi connectivity index (χ0n) is 13.5. The molecule has 0 saturated carbocycles. The second-order valence-corrected chi connectivity index (χ2v) is 9.87. The third kappa shape index (κ3) is 6.29. The second kappa shape index (κ2) is 9.39. The molecule has 0 aliphatic carbocycles. The van der Waals surface area contributed by atoms with Crippen LogP contribution in [0.1, 0.15) is 26.2 Å². The maximum atomic E-state index is 12.4. The fourth-order valence-corrected chi connectivity index (χ4v) is 5.22. The summed E-state index contributed by atoms with van der Waals surface area (Å²) in [6, 6.07) is -0.0146. The number of nitrogens with zero attached hydrogens (tertiary/aromatic N) is 2. The summed E-state index contributed by atoms with van der Waals surface area (Å²) in [6.07, 6.45) is 1.88. The van der Waals surface area contributed by atoms with E-state index in [1.165, 1.54) is 14.1 Å². The van der Waals surface area contributed by atoms with Gasteiger partial charge in [0.15, 0.2) is 0 Å². The van der Waals surface area contributed by atoms with Gasteiger partial charge in [0, 0.05) is 39.8 Å². The number of sulfonamides is 2. The highest BCUT2D eigenvalue weighted by Crippen LogP contribution is 2.16. The second-order valence-electron chi connectivity index (χ2n) is 5.53. The van der Waals surface area contributed by atoms with Crippen LogP contribution in [0.15, 0.2) is 0 Å². The van der Waals surface area contributed by atoms with Crippen molar-refractivity contribution < 1.29 is 16.8 Å². The number of piperazine rings is 1. The molecule has 0 aromatic carbocycles. The molecule has 1 atom stereocenters. The van der Waals surface area contributed by atoms with Crippen LogP contribution in [0, 0.1) is 0 Å². The highest BCUT2D eigenvalue weighted by Gasteiger charge is 2.31. The number of nitrogens with one attached hydrogen (secondary N) is 1. The molecule has 1 aliphatic heterocycles. The topological polar surface area (TPSA) is 86.8 Å². The lowest BCUT2D eigenvalue weighted by molar-refractivity contribution is 0.254. The maximum absolute atomic E-state index is 12.4. The fraction of sp³-hybridized carbons (Fsp3) is 1.00. The Balaban J connectivity index is 0.00000441. The SMILES string of the molecule is CCCC1CNCCN1S(=O)(=O)CCCS(=O)(=O)N(C)C.Cl. The van der Waals surface area contributed by atoms with E-state index in [2.05, 4.69) is 5.32 Å². The van der Waals surface area contributed by atoms with Crippen LogP contribution in [0.25, 0.3) is 0 Å². The van der Waals surface area contributed by atoms with Gasteiger partial charge in [-0.05, 0) is 12.8 Å². The highest BCUT2D eigenvalue weighted by atomic mass is 35.5. The van der Waals surface area contributed by atoms with E-state index in [4.69, 9.17) is 0 Å². The van der Waals surface area contributed by atoms with E-state index < -0.39 is 20.0 Å². The van der Waals surface area contributed by atoms with Gasteiger partial charge in [-0.3, -0.25) is 0 Å². The molecule has 1 saturated heterocycles.